The third kappa shape index (κ3) is 6.35. The van der Waals surface area contributed by atoms with Crippen molar-refractivity contribution in [3.05, 3.63) is 59.7 Å². The number of carboxylic acid groups (broad SMARTS) is 1. The lowest BCUT2D eigenvalue weighted by Gasteiger charge is -2.26. The van der Waals surface area contributed by atoms with E-state index in [1.165, 1.54) is 7.05 Å². The zero-order chi connectivity index (χ0) is 24.9. The van der Waals surface area contributed by atoms with Gasteiger partial charge in [0.15, 0.2) is 6.61 Å². The molecule has 2 amide bonds. The van der Waals surface area contributed by atoms with Crippen molar-refractivity contribution in [2.24, 2.45) is 5.41 Å². The van der Waals surface area contributed by atoms with Crippen LogP contribution in [0.25, 0.3) is 11.1 Å². The fraction of sp³-hybridized carbons (Fsp3) is 0.423. The molecule has 1 unspecified atom stereocenters. The summed E-state index contributed by atoms with van der Waals surface area (Å²) in [5.74, 6) is -1.84. The third-order valence-electron chi connectivity index (χ3n) is 5.81. The maximum Gasteiger partial charge on any atom is 0.407 e. The molecule has 0 saturated carbocycles. The molecule has 1 aliphatic rings. The summed E-state index contributed by atoms with van der Waals surface area (Å²) in [5.41, 5.74) is 4.38. The van der Waals surface area contributed by atoms with E-state index in [-0.39, 0.29) is 17.9 Å². The fourth-order valence-electron chi connectivity index (χ4n) is 4.05. The van der Waals surface area contributed by atoms with Crippen LogP contribution in [-0.4, -0.2) is 54.4 Å². The number of hydrogen-bond acceptors (Lipinski definition) is 5. The Labute approximate surface area is 199 Å². The molecule has 0 aromatic heterocycles. The summed E-state index contributed by atoms with van der Waals surface area (Å²) in [6.07, 6.45) is 0.299. The van der Waals surface area contributed by atoms with Crippen LogP contribution in [0.1, 0.15) is 50.7 Å². The molecule has 8 nitrogen and oxygen atoms in total. The average Bonchev–Trinajstić information content (AvgIpc) is 3.11. The van der Waals surface area contributed by atoms with Gasteiger partial charge in [-0.1, -0.05) is 69.3 Å². The second-order valence-electron chi connectivity index (χ2n) is 9.62. The van der Waals surface area contributed by atoms with E-state index in [1.54, 1.807) is 0 Å². The number of aliphatic carboxylic acids is 1. The minimum atomic E-state index is -1.20. The monoisotopic (exact) mass is 468 g/mol. The zero-order valence-electron chi connectivity index (χ0n) is 20.0. The number of rotatable bonds is 9. The summed E-state index contributed by atoms with van der Waals surface area (Å²) in [5, 5.41) is 12.3. The number of alkyl carbamates (subject to hydrolysis) is 1. The lowest BCUT2D eigenvalue weighted by atomic mass is 9.88. The topological polar surface area (TPSA) is 105 Å². The number of likely N-dealkylation sites (N-methyl/N-ethyl adjacent to an activating group) is 1. The minimum Gasteiger partial charge on any atom is -0.479 e. The van der Waals surface area contributed by atoms with Gasteiger partial charge in [0.25, 0.3) is 5.91 Å². The van der Waals surface area contributed by atoms with E-state index in [4.69, 9.17) is 14.7 Å². The molecule has 2 aromatic carbocycles. The van der Waals surface area contributed by atoms with E-state index >= 15 is 0 Å². The largest absolute Gasteiger partial charge is 0.479 e. The van der Waals surface area contributed by atoms with Crippen molar-refractivity contribution >= 4 is 18.0 Å². The molecule has 0 spiro atoms. The molecule has 0 saturated heterocycles. The Kier molecular flexibility index (Phi) is 7.94. The number of carbonyl (C=O) groups excluding carboxylic acids is 2. The Hall–Kier alpha value is -3.39. The highest BCUT2D eigenvalue weighted by molar-refractivity contribution is 5.85. The van der Waals surface area contributed by atoms with Crippen LogP contribution in [0.5, 0.6) is 0 Å². The normalized spacial score (nSPS) is 13.5. The van der Waals surface area contributed by atoms with Gasteiger partial charge in [-0.2, -0.15) is 0 Å². The predicted molar refractivity (Wildman–Crippen MR) is 127 cm³/mol. The molecule has 3 rings (SSSR count). The van der Waals surface area contributed by atoms with Crippen LogP contribution < -0.4 is 5.32 Å². The van der Waals surface area contributed by atoms with Gasteiger partial charge in [0, 0.05) is 13.0 Å². The number of hydroxylamine groups is 2. The maximum atomic E-state index is 12.8. The summed E-state index contributed by atoms with van der Waals surface area (Å²) >= 11 is 0. The first kappa shape index (κ1) is 25.2. The molecule has 182 valence electrons. The van der Waals surface area contributed by atoms with Gasteiger partial charge in [-0.25, -0.2) is 14.7 Å². The van der Waals surface area contributed by atoms with Crippen LogP contribution >= 0.6 is 0 Å². The number of hydrogen-bond donors (Lipinski definition) is 2. The number of benzene rings is 2. The quantitative estimate of drug-likeness (QED) is 0.535. The van der Waals surface area contributed by atoms with Gasteiger partial charge in [-0.15, -0.1) is 0 Å². The first-order valence-corrected chi connectivity index (χ1v) is 11.3. The van der Waals surface area contributed by atoms with Crippen molar-refractivity contribution < 1.29 is 29.1 Å². The summed E-state index contributed by atoms with van der Waals surface area (Å²) in [7, 11) is 1.33. The molecule has 0 radical (unpaired) electrons. The van der Waals surface area contributed by atoms with E-state index in [0.717, 1.165) is 27.3 Å². The predicted octanol–water partition coefficient (Wildman–Crippen LogP) is 4.19. The number of amides is 2. The van der Waals surface area contributed by atoms with Crippen molar-refractivity contribution in [2.45, 2.75) is 45.6 Å². The van der Waals surface area contributed by atoms with Gasteiger partial charge in [-0.3, -0.25) is 9.63 Å². The average molecular weight is 469 g/mol. The molecule has 8 heteroatoms. The van der Waals surface area contributed by atoms with Crippen molar-refractivity contribution in [1.82, 2.24) is 10.4 Å². The van der Waals surface area contributed by atoms with Crippen LogP contribution in [0, 0.1) is 5.41 Å². The molecule has 0 heterocycles. The van der Waals surface area contributed by atoms with Gasteiger partial charge < -0.3 is 15.2 Å². The van der Waals surface area contributed by atoms with Crippen molar-refractivity contribution in [3.8, 4) is 11.1 Å². The molecule has 2 N–H and O–H groups in total. The highest BCUT2D eigenvalue weighted by Crippen LogP contribution is 2.44. The highest BCUT2D eigenvalue weighted by atomic mass is 16.7. The highest BCUT2D eigenvalue weighted by Gasteiger charge is 2.31. The standard InChI is InChI=1S/C26H32N2O6/c1-26(2,3)14-13-22(24(31)28(4)34-16-23(29)30)27-25(32)33-15-21-19-11-7-5-9-17(19)18-10-6-8-12-20(18)21/h5-12,21-22H,13-16H2,1-4H3,(H,27,32)(H,29,30). The van der Waals surface area contributed by atoms with Gasteiger partial charge in [0.2, 0.25) is 0 Å². The van der Waals surface area contributed by atoms with Crippen molar-refractivity contribution in [2.75, 3.05) is 20.3 Å². The molecule has 1 aliphatic carbocycles. The van der Waals surface area contributed by atoms with Gasteiger partial charge in [0.05, 0.1) is 0 Å². The molecule has 0 bridgehead atoms. The summed E-state index contributed by atoms with van der Waals surface area (Å²) in [6, 6.07) is 15.2. The van der Waals surface area contributed by atoms with Crippen molar-refractivity contribution in [3.63, 3.8) is 0 Å². The Bertz CT molecular complexity index is 1000. The van der Waals surface area contributed by atoms with E-state index in [1.807, 2.05) is 57.2 Å². The lowest BCUT2D eigenvalue weighted by Crippen LogP contribution is -2.48. The number of nitrogens with zero attached hydrogens (tertiary/aromatic N) is 1. The summed E-state index contributed by atoms with van der Waals surface area (Å²) < 4.78 is 5.57. The first-order chi connectivity index (χ1) is 16.1. The third-order valence-corrected chi connectivity index (χ3v) is 5.81. The van der Waals surface area contributed by atoms with Gasteiger partial charge in [0.1, 0.15) is 12.6 Å². The van der Waals surface area contributed by atoms with Crippen LogP contribution in [0.4, 0.5) is 4.79 Å². The first-order valence-electron chi connectivity index (χ1n) is 11.3. The number of carbonyl (C=O) groups is 3. The zero-order valence-corrected chi connectivity index (χ0v) is 20.0. The van der Waals surface area contributed by atoms with Crippen molar-refractivity contribution in [1.29, 1.82) is 0 Å². The molecule has 0 aliphatic heterocycles. The van der Waals surface area contributed by atoms with E-state index in [0.29, 0.717) is 12.8 Å². The van der Waals surface area contributed by atoms with Gasteiger partial charge >= 0.3 is 12.1 Å². The summed E-state index contributed by atoms with van der Waals surface area (Å²) in [4.78, 5) is 41.3. The number of carboxylic acids is 1. The van der Waals surface area contributed by atoms with Gasteiger partial charge in [-0.05, 0) is 40.5 Å². The van der Waals surface area contributed by atoms with E-state index < -0.39 is 30.6 Å². The number of ether oxygens (including phenoxy) is 1. The fourth-order valence-corrected chi connectivity index (χ4v) is 4.05. The van der Waals surface area contributed by atoms with Crippen LogP contribution in [-0.2, 0) is 19.2 Å². The maximum absolute atomic E-state index is 12.8. The van der Waals surface area contributed by atoms with E-state index in [9.17, 15) is 14.4 Å². The van der Waals surface area contributed by atoms with Crippen LogP contribution in [0.2, 0.25) is 0 Å². The smallest absolute Gasteiger partial charge is 0.407 e. The van der Waals surface area contributed by atoms with Crippen LogP contribution in [0.3, 0.4) is 0 Å². The second kappa shape index (κ2) is 10.7. The molecule has 2 aromatic rings. The number of fused-ring (bicyclic) bond motifs is 3. The lowest BCUT2D eigenvalue weighted by molar-refractivity contribution is -0.187. The molecule has 1 atom stereocenters. The molecular weight excluding hydrogens is 436 g/mol. The summed E-state index contributed by atoms with van der Waals surface area (Å²) in [6.45, 7) is 5.58. The van der Waals surface area contributed by atoms with E-state index in [2.05, 4.69) is 17.4 Å². The Morgan fingerprint density at radius 2 is 1.59 bits per heavy atom. The molecular formula is C26H32N2O6. The molecule has 0 fully saturated rings. The minimum absolute atomic E-state index is 0.0676. The SMILES string of the molecule is CN(OCC(=O)O)C(=O)C(CCC(C)(C)C)NC(=O)OCC1c2ccccc2-c2ccccc21. The molecule has 34 heavy (non-hydrogen) atoms. The Balaban J connectivity index is 1.67. The Morgan fingerprint density at radius 1 is 1.03 bits per heavy atom. The Morgan fingerprint density at radius 3 is 2.12 bits per heavy atom. The second-order valence-corrected chi connectivity index (χ2v) is 9.62. The van der Waals surface area contributed by atoms with Crippen LogP contribution in [0.15, 0.2) is 48.5 Å². The number of nitrogens with one attached hydrogen (secondary N) is 1.